The fourth-order valence-electron chi connectivity index (χ4n) is 2.60. The maximum Gasteiger partial charge on any atom is 0.339 e. The first-order chi connectivity index (χ1) is 15.8. The van der Waals surface area contributed by atoms with Crippen LogP contribution in [0.4, 0.5) is 0 Å². The minimum absolute atomic E-state index is 0.0144. The number of halogens is 1. The molecule has 0 fully saturated rings. The van der Waals surface area contributed by atoms with Gasteiger partial charge in [0, 0.05) is 5.02 Å². The SMILES string of the molecule is COc1ccc(/C=N\NC(=O)COc2ccc(Cl)cc2)cc1OS(=O)(=O)c1ccc(C)cc1. The summed E-state index contributed by atoms with van der Waals surface area (Å²) < 4.78 is 41.0. The topological polar surface area (TPSA) is 103 Å². The zero-order chi connectivity index (χ0) is 23.8. The standard InChI is InChI=1S/C23H21ClN2O6S/c1-16-3-10-20(11-4-16)33(28,29)32-22-13-17(5-12-21(22)30-2)14-25-26-23(27)15-31-19-8-6-18(24)7-9-19/h3-14H,15H2,1-2H3,(H,26,27)/b25-14-. The molecule has 0 atom stereocenters. The Kier molecular flexibility index (Phi) is 7.92. The Morgan fingerprint density at radius 1 is 1.03 bits per heavy atom. The molecule has 3 rings (SSSR count). The third-order valence-corrected chi connectivity index (χ3v) is 5.78. The highest BCUT2D eigenvalue weighted by Gasteiger charge is 2.19. The molecule has 10 heteroatoms. The van der Waals surface area contributed by atoms with E-state index in [9.17, 15) is 13.2 Å². The fourth-order valence-corrected chi connectivity index (χ4v) is 3.66. The van der Waals surface area contributed by atoms with Gasteiger partial charge in [-0.3, -0.25) is 4.79 Å². The molecule has 0 heterocycles. The smallest absolute Gasteiger partial charge is 0.339 e. The van der Waals surface area contributed by atoms with Crippen LogP contribution in [0, 0.1) is 6.92 Å². The Labute approximate surface area is 196 Å². The van der Waals surface area contributed by atoms with Gasteiger partial charge in [-0.1, -0.05) is 29.3 Å². The number of rotatable bonds is 9. The molecule has 0 radical (unpaired) electrons. The molecule has 3 aromatic carbocycles. The molecule has 8 nitrogen and oxygen atoms in total. The molecule has 0 saturated carbocycles. The van der Waals surface area contributed by atoms with Gasteiger partial charge in [0.15, 0.2) is 18.1 Å². The first-order valence-corrected chi connectivity index (χ1v) is 11.4. The number of carbonyl (C=O) groups excluding carboxylic acids is 1. The molecule has 0 aliphatic rings. The van der Waals surface area contributed by atoms with Crippen LogP contribution in [0.5, 0.6) is 17.2 Å². The number of benzene rings is 3. The van der Waals surface area contributed by atoms with Crippen LogP contribution < -0.4 is 19.1 Å². The third-order valence-electron chi connectivity index (χ3n) is 4.28. The van der Waals surface area contributed by atoms with Crippen molar-refractivity contribution in [3.63, 3.8) is 0 Å². The number of nitrogens with zero attached hydrogens (tertiary/aromatic N) is 1. The van der Waals surface area contributed by atoms with Crippen LogP contribution in [-0.4, -0.2) is 34.3 Å². The Balaban J connectivity index is 1.64. The van der Waals surface area contributed by atoms with Crippen molar-refractivity contribution in [3.05, 3.63) is 82.9 Å². The Morgan fingerprint density at radius 2 is 1.73 bits per heavy atom. The molecule has 172 valence electrons. The first kappa shape index (κ1) is 24.1. The summed E-state index contributed by atoms with van der Waals surface area (Å²) in [5.41, 5.74) is 3.73. The van der Waals surface area contributed by atoms with E-state index in [1.807, 2.05) is 6.92 Å². The number of nitrogens with one attached hydrogen (secondary N) is 1. The number of amides is 1. The summed E-state index contributed by atoms with van der Waals surface area (Å²) in [7, 11) is -2.67. The van der Waals surface area contributed by atoms with Crippen LogP contribution in [0.15, 0.2) is 76.7 Å². The van der Waals surface area contributed by atoms with Crippen LogP contribution in [0.1, 0.15) is 11.1 Å². The average molecular weight is 489 g/mol. The molecule has 1 amide bonds. The minimum Gasteiger partial charge on any atom is -0.493 e. The van der Waals surface area contributed by atoms with Crippen molar-refractivity contribution in [2.75, 3.05) is 13.7 Å². The maximum absolute atomic E-state index is 12.6. The van der Waals surface area contributed by atoms with Gasteiger partial charge in [0.2, 0.25) is 0 Å². The van der Waals surface area contributed by atoms with Crippen molar-refractivity contribution in [1.29, 1.82) is 0 Å². The Bertz CT molecular complexity index is 1240. The number of methoxy groups -OCH3 is 1. The summed E-state index contributed by atoms with van der Waals surface area (Å²) in [6.45, 7) is 1.61. The maximum atomic E-state index is 12.6. The fraction of sp³-hybridized carbons (Fsp3) is 0.130. The molecule has 0 bridgehead atoms. The largest absolute Gasteiger partial charge is 0.493 e. The molecule has 1 N–H and O–H groups in total. The van der Waals surface area contributed by atoms with E-state index in [1.54, 1.807) is 42.5 Å². The minimum atomic E-state index is -4.07. The van der Waals surface area contributed by atoms with Gasteiger partial charge in [-0.15, -0.1) is 0 Å². The van der Waals surface area contributed by atoms with E-state index in [1.165, 1.54) is 37.6 Å². The summed E-state index contributed by atoms with van der Waals surface area (Å²) in [4.78, 5) is 11.9. The third kappa shape index (κ3) is 6.96. The average Bonchev–Trinajstić information content (AvgIpc) is 2.79. The molecule has 0 spiro atoms. The monoisotopic (exact) mass is 488 g/mol. The van der Waals surface area contributed by atoms with E-state index in [0.29, 0.717) is 16.3 Å². The van der Waals surface area contributed by atoms with E-state index >= 15 is 0 Å². The van der Waals surface area contributed by atoms with Crippen molar-refractivity contribution in [1.82, 2.24) is 5.43 Å². The van der Waals surface area contributed by atoms with Crippen molar-refractivity contribution in [2.24, 2.45) is 5.10 Å². The van der Waals surface area contributed by atoms with Gasteiger partial charge in [0.1, 0.15) is 10.6 Å². The van der Waals surface area contributed by atoms with Crippen molar-refractivity contribution >= 4 is 33.8 Å². The predicted molar refractivity (Wildman–Crippen MR) is 125 cm³/mol. The quantitative estimate of drug-likeness (QED) is 0.278. The number of carbonyl (C=O) groups is 1. The van der Waals surface area contributed by atoms with Crippen molar-refractivity contribution < 1.29 is 26.9 Å². The molecule has 0 aliphatic carbocycles. The van der Waals surface area contributed by atoms with Crippen molar-refractivity contribution in [2.45, 2.75) is 11.8 Å². The van der Waals surface area contributed by atoms with Gasteiger partial charge in [0.25, 0.3) is 5.91 Å². The van der Waals surface area contributed by atoms with Gasteiger partial charge >= 0.3 is 10.1 Å². The van der Waals surface area contributed by atoms with Gasteiger partial charge in [-0.05, 0) is 67.1 Å². The van der Waals surface area contributed by atoms with E-state index in [0.717, 1.165) is 5.56 Å². The lowest BCUT2D eigenvalue weighted by Crippen LogP contribution is -2.24. The second-order valence-corrected chi connectivity index (χ2v) is 8.78. The molecule has 33 heavy (non-hydrogen) atoms. The summed E-state index contributed by atoms with van der Waals surface area (Å²) >= 11 is 5.80. The highest BCUT2D eigenvalue weighted by atomic mass is 35.5. The van der Waals surface area contributed by atoms with E-state index in [2.05, 4.69) is 10.5 Å². The van der Waals surface area contributed by atoms with Gasteiger partial charge in [0.05, 0.1) is 13.3 Å². The molecule has 3 aromatic rings. The second kappa shape index (κ2) is 10.8. The van der Waals surface area contributed by atoms with Crippen LogP contribution in [0.2, 0.25) is 5.02 Å². The lowest BCUT2D eigenvalue weighted by atomic mass is 10.2. The summed E-state index contributed by atoms with van der Waals surface area (Å²) in [5.74, 6) is 0.223. The lowest BCUT2D eigenvalue weighted by Gasteiger charge is -2.11. The summed E-state index contributed by atoms with van der Waals surface area (Å²) in [5, 5.41) is 4.42. The summed E-state index contributed by atoms with van der Waals surface area (Å²) in [6, 6.07) is 17.5. The second-order valence-electron chi connectivity index (χ2n) is 6.80. The van der Waals surface area contributed by atoms with Crippen LogP contribution in [0.3, 0.4) is 0 Å². The van der Waals surface area contributed by atoms with Crippen LogP contribution in [-0.2, 0) is 14.9 Å². The zero-order valence-electron chi connectivity index (χ0n) is 17.8. The highest BCUT2D eigenvalue weighted by molar-refractivity contribution is 7.87. The van der Waals surface area contributed by atoms with Gasteiger partial charge in [-0.2, -0.15) is 13.5 Å². The normalized spacial score (nSPS) is 11.2. The van der Waals surface area contributed by atoms with Crippen LogP contribution in [0.25, 0.3) is 0 Å². The molecular formula is C23H21ClN2O6S. The summed E-state index contributed by atoms with van der Waals surface area (Å²) in [6.07, 6.45) is 1.34. The van der Waals surface area contributed by atoms with E-state index in [4.69, 9.17) is 25.3 Å². The van der Waals surface area contributed by atoms with Gasteiger partial charge in [-0.25, -0.2) is 5.43 Å². The first-order valence-electron chi connectivity index (χ1n) is 9.66. The van der Waals surface area contributed by atoms with Crippen LogP contribution >= 0.6 is 11.6 Å². The van der Waals surface area contributed by atoms with Gasteiger partial charge < -0.3 is 13.7 Å². The number of hydrogen-bond acceptors (Lipinski definition) is 7. The molecular weight excluding hydrogens is 468 g/mol. The van der Waals surface area contributed by atoms with Crippen molar-refractivity contribution in [3.8, 4) is 17.2 Å². The molecule has 0 saturated heterocycles. The number of aryl methyl sites for hydroxylation is 1. The highest BCUT2D eigenvalue weighted by Crippen LogP contribution is 2.30. The Hall–Kier alpha value is -3.56. The number of hydrogen-bond donors (Lipinski definition) is 1. The number of hydrazone groups is 1. The lowest BCUT2D eigenvalue weighted by molar-refractivity contribution is -0.123. The zero-order valence-corrected chi connectivity index (χ0v) is 19.4. The molecule has 0 unspecified atom stereocenters. The number of ether oxygens (including phenoxy) is 2. The molecule has 0 aromatic heterocycles. The predicted octanol–water partition coefficient (Wildman–Crippen LogP) is 3.95. The van der Waals surface area contributed by atoms with E-state index < -0.39 is 16.0 Å². The Morgan fingerprint density at radius 3 is 2.39 bits per heavy atom. The van der Waals surface area contributed by atoms with E-state index in [-0.39, 0.29) is 23.0 Å². The molecule has 0 aliphatic heterocycles.